The van der Waals surface area contributed by atoms with Crippen LogP contribution in [-0.4, -0.2) is 50.7 Å². The summed E-state index contributed by atoms with van der Waals surface area (Å²) >= 11 is 0. The van der Waals surface area contributed by atoms with Crippen LogP contribution in [0.5, 0.6) is 0 Å². The topological polar surface area (TPSA) is 98.3 Å². The molecule has 1 N–H and O–H groups in total. The molecule has 0 unspecified atom stereocenters. The van der Waals surface area contributed by atoms with E-state index in [1.807, 2.05) is 4.68 Å². The number of ether oxygens (including phenoxy) is 1. The van der Waals surface area contributed by atoms with Crippen LogP contribution in [0, 0.1) is 12.8 Å². The summed E-state index contributed by atoms with van der Waals surface area (Å²) < 4.78 is 13.0. The molecular weight excluding hydrogens is 348 g/mol. The van der Waals surface area contributed by atoms with Gasteiger partial charge in [0.15, 0.2) is 0 Å². The molecule has 3 rings (SSSR count). The molecule has 2 atom stereocenters. The van der Waals surface area contributed by atoms with E-state index in [9.17, 15) is 4.79 Å². The fourth-order valence-corrected chi connectivity index (χ4v) is 3.45. The number of anilines is 1. The molecular formula is C18H28N6O3. The summed E-state index contributed by atoms with van der Waals surface area (Å²) in [6.07, 6.45) is 3.06. The summed E-state index contributed by atoms with van der Waals surface area (Å²) in [6, 6.07) is -0.513. The Bertz CT molecular complexity index is 784. The second-order valence-electron chi connectivity index (χ2n) is 7.29. The summed E-state index contributed by atoms with van der Waals surface area (Å²) in [5.41, 5.74) is 1.76. The number of rotatable bonds is 6. The van der Waals surface area contributed by atoms with E-state index in [0.29, 0.717) is 30.7 Å². The van der Waals surface area contributed by atoms with Crippen LogP contribution in [0.1, 0.15) is 50.7 Å². The maximum atomic E-state index is 13.0. The van der Waals surface area contributed by atoms with Gasteiger partial charge in [-0.2, -0.15) is 5.10 Å². The maximum Gasteiger partial charge on any atom is 0.322 e. The van der Waals surface area contributed by atoms with Gasteiger partial charge >= 0.3 is 6.03 Å². The molecule has 148 valence electrons. The van der Waals surface area contributed by atoms with Gasteiger partial charge in [-0.25, -0.2) is 4.79 Å². The number of aromatic nitrogens is 4. The van der Waals surface area contributed by atoms with E-state index in [2.05, 4.69) is 41.4 Å². The van der Waals surface area contributed by atoms with Crippen molar-refractivity contribution in [1.29, 1.82) is 0 Å². The van der Waals surface area contributed by atoms with Crippen molar-refractivity contribution in [1.82, 2.24) is 24.9 Å². The van der Waals surface area contributed by atoms with Gasteiger partial charge in [0.1, 0.15) is 6.04 Å². The first-order chi connectivity index (χ1) is 12.9. The van der Waals surface area contributed by atoms with Gasteiger partial charge in [0.2, 0.25) is 11.8 Å². The molecule has 1 aliphatic heterocycles. The zero-order chi connectivity index (χ0) is 19.6. The third-order valence-corrected chi connectivity index (χ3v) is 4.75. The summed E-state index contributed by atoms with van der Waals surface area (Å²) in [7, 11) is 1.65. The first kappa shape index (κ1) is 19.3. The van der Waals surface area contributed by atoms with E-state index in [-0.39, 0.29) is 18.2 Å². The van der Waals surface area contributed by atoms with Crippen molar-refractivity contribution in [3.05, 3.63) is 23.7 Å². The highest BCUT2D eigenvalue weighted by Crippen LogP contribution is 2.33. The number of hydrogen-bond donors (Lipinski definition) is 1. The van der Waals surface area contributed by atoms with Gasteiger partial charge in [0.25, 0.3) is 0 Å². The van der Waals surface area contributed by atoms with Crippen molar-refractivity contribution in [2.45, 2.75) is 59.2 Å². The van der Waals surface area contributed by atoms with E-state index in [0.717, 1.165) is 24.3 Å². The molecule has 0 aromatic carbocycles. The fraction of sp³-hybridized carbons (Fsp3) is 0.667. The highest BCUT2D eigenvalue weighted by molar-refractivity contribution is 5.90. The second-order valence-corrected chi connectivity index (χ2v) is 7.29. The molecule has 1 aliphatic rings. The zero-order valence-electron chi connectivity index (χ0n) is 16.6. The number of amides is 2. The van der Waals surface area contributed by atoms with Crippen molar-refractivity contribution in [2.75, 3.05) is 19.0 Å². The number of hydrogen-bond acceptors (Lipinski definition) is 6. The van der Waals surface area contributed by atoms with Crippen LogP contribution in [0.25, 0.3) is 0 Å². The molecule has 1 saturated heterocycles. The lowest BCUT2D eigenvalue weighted by Crippen LogP contribution is -2.36. The van der Waals surface area contributed by atoms with Crippen LogP contribution in [0.4, 0.5) is 10.5 Å². The van der Waals surface area contributed by atoms with Gasteiger partial charge in [-0.3, -0.25) is 4.68 Å². The molecule has 0 saturated carbocycles. The number of likely N-dealkylation sites (tertiary alicyclic amines) is 1. The van der Waals surface area contributed by atoms with Gasteiger partial charge < -0.3 is 19.4 Å². The standard InChI is InChI=1S/C18H28N6O3/c1-6-15-14(8-19-24(15)9-11(2)3)20-18(25)23-10-13(26-5)7-16(23)17-22-21-12(4)27-17/h8,11,13,16H,6-7,9-10H2,1-5H3,(H,20,25)/t13-,16+/m0/s1. The molecule has 9 heteroatoms. The highest BCUT2D eigenvalue weighted by atomic mass is 16.5. The number of nitrogens with zero attached hydrogens (tertiary/aromatic N) is 5. The van der Waals surface area contributed by atoms with Crippen molar-refractivity contribution in [3.8, 4) is 0 Å². The predicted octanol–water partition coefficient (Wildman–Crippen LogP) is 2.79. The van der Waals surface area contributed by atoms with E-state index in [1.54, 1.807) is 25.1 Å². The summed E-state index contributed by atoms with van der Waals surface area (Å²) in [5, 5.41) is 15.4. The van der Waals surface area contributed by atoms with Crippen molar-refractivity contribution in [3.63, 3.8) is 0 Å². The lowest BCUT2D eigenvalue weighted by molar-refractivity contribution is 0.111. The minimum atomic E-state index is -0.299. The number of urea groups is 1. The number of aryl methyl sites for hydroxylation is 1. The van der Waals surface area contributed by atoms with Crippen LogP contribution >= 0.6 is 0 Å². The Hall–Kier alpha value is -2.42. The second kappa shape index (κ2) is 8.08. The Morgan fingerprint density at radius 2 is 2.22 bits per heavy atom. The van der Waals surface area contributed by atoms with E-state index >= 15 is 0 Å². The van der Waals surface area contributed by atoms with Crippen LogP contribution in [0.15, 0.2) is 10.6 Å². The minimum absolute atomic E-state index is 0.0673. The van der Waals surface area contributed by atoms with Gasteiger partial charge in [0, 0.05) is 33.5 Å². The Morgan fingerprint density at radius 3 is 2.81 bits per heavy atom. The van der Waals surface area contributed by atoms with Crippen LogP contribution in [0.2, 0.25) is 0 Å². The normalized spacial score (nSPS) is 19.9. The van der Waals surface area contributed by atoms with Crippen LogP contribution in [-0.2, 0) is 17.7 Å². The number of carbonyl (C=O) groups excluding carboxylic acids is 1. The average molecular weight is 376 g/mol. The highest BCUT2D eigenvalue weighted by Gasteiger charge is 2.39. The molecule has 2 aromatic heterocycles. The smallest absolute Gasteiger partial charge is 0.322 e. The molecule has 9 nitrogen and oxygen atoms in total. The number of carbonyl (C=O) groups is 1. The van der Waals surface area contributed by atoms with Crippen molar-refractivity contribution < 1.29 is 13.9 Å². The van der Waals surface area contributed by atoms with Gasteiger partial charge in [-0.1, -0.05) is 20.8 Å². The zero-order valence-corrected chi connectivity index (χ0v) is 16.6. The largest absolute Gasteiger partial charge is 0.423 e. The monoisotopic (exact) mass is 376 g/mol. The molecule has 1 fully saturated rings. The average Bonchev–Trinajstić information content (AvgIpc) is 3.32. The van der Waals surface area contributed by atoms with E-state index < -0.39 is 0 Å². The molecule has 0 spiro atoms. The Kier molecular flexibility index (Phi) is 5.79. The fourth-order valence-electron chi connectivity index (χ4n) is 3.45. The van der Waals surface area contributed by atoms with Gasteiger partial charge in [-0.05, 0) is 12.3 Å². The molecule has 27 heavy (non-hydrogen) atoms. The van der Waals surface area contributed by atoms with E-state index in [4.69, 9.17) is 9.15 Å². The lowest BCUT2D eigenvalue weighted by atomic mass is 10.2. The Balaban J connectivity index is 1.79. The number of methoxy groups -OCH3 is 1. The van der Waals surface area contributed by atoms with Crippen LogP contribution in [0.3, 0.4) is 0 Å². The molecule has 2 amide bonds. The molecule has 0 radical (unpaired) electrons. The molecule has 0 aliphatic carbocycles. The summed E-state index contributed by atoms with van der Waals surface area (Å²) in [4.78, 5) is 14.7. The van der Waals surface area contributed by atoms with Gasteiger partial charge in [0.05, 0.1) is 23.7 Å². The Labute approximate surface area is 159 Å². The first-order valence-corrected chi connectivity index (χ1v) is 9.38. The Morgan fingerprint density at radius 1 is 1.44 bits per heavy atom. The lowest BCUT2D eigenvalue weighted by Gasteiger charge is -2.22. The molecule has 2 aromatic rings. The minimum Gasteiger partial charge on any atom is -0.423 e. The molecule has 0 bridgehead atoms. The van der Waals surface area contributed by atoms with E-state index in [1.165, 1.54) is 0 Å². The summed E-state index contributed by atoms with van der Waals surface area (Å²) in [5.74, 6) is 1.40. The van der Waals surface area contributed by atoms with Gasteiger partial charge in [-0.15, -0.1) is 10.2 Å². The van der Waals surface area contributed by atoms with Crippen molar-refractivity contribution in [2.24, 2.45) is 5.92 Å². The number of nitrogens with one attached hydrogen (secondary N) is 1. The maximum absolute atomic E-state index is 13.0. The van der Waals surface area contributed by atoms with Crippen LogP contribution < -0.4 is 5.32 Å². The first-order valence-electron chi connectivity index (χ1n) is 9.38. The molecule has 3 heterocycles. The third-order valence-electron chi connectivity index (χ3n) is 4.75. The predicted molar refractivity (Wildman–Crippen MR) is 99.4 cm³/mol. The quantitative estimate of drug-likeness (QED) is 0.832. The summed E-state index contributed by atoms with van der Waals surface area (Å²) in [6.45, 7) is 9.37. The third kappa shape index (κ3) is 4.13. The SMILES string of the molecule is CCc1c(NC(=O)N2C[C@@H](OC)C[C@@H]2c2nnc(C)o2)cnn1CC(C)C. The van der Waals surface area contributed by atoms with Crippen molar-refractivity contribution >= 4 is 11.7 Å².